The van der Waals surface area contributed by atoms with E-state index in [9.17, 15) is 14.0 Å². The Bertz CT molecular complexity index is 998. The fourth-order valence-corrected chi connectivity index (χ4v) is 3.19. The lowest BCUT2D eigenvalue weighted by Crippen LogP contribution is -2.22. The molecule has 0 saturated heterocycles. The minimum absolute atomic E-state index is 0.0827. The molecule has 0 saturated carbocycles. The molecule has 0 atom stereocenters. The highest BCUT2D eigenvalue weighted by Crippen LogP contribution is 2.29. The van der Waals surface area contributed by atoms with Crippen molar-refractivity contribution < 1.29 is 18.7 Å². The van der Waals surface area contributed by atoms with Crippen molar-refractivity contribution in [1.82, 2.24) is 4.98 Å². The first-order valence-electron chi connectivity index (χ1n) is 7.74. The highest BCUT2D eigenvalue weighted by atomic mass is 32.1. The average Bonchev–Trinajstić information content (AvgIpc) is 2.85. The Morgan fingerprint density at radius 3 is 2.84 bits per heavy atom. The van der Waals surface area contributed by atoms with Gasteiger partial charge in [-0.3, -0.25) is 9.59 Å². The van der Waals surface area contributed by atoms with Gasteiger partial charge in [0.2, 0.25) is 0 Å². The molecule has 0 unspecified atom stereocenters. The number of ether oxygens (including phenoxy) is 2. The van der Waals surface area contributed by atoms with E-state index in [1.807, 2.05) is 20.8 Å². The van der Waals surface area contributed by atoms with Crippen molar-refractivity contribution in [3.63, 3.8) is 0 Å². The number of Topliss-reactive ketones (excluding diaryl/α,β-unsaturated/α-hetero) is 1. The highest BCUT2D eigenvalue weighted by molar-refractivity contribution is 7.07. The smallest absolute Gasteiger partial charge is 0.266 e. The summed E-state index contributed by atoms with van der Waals surface area (Å²) in [7, 11) is 0. The van der Waals surface area contributed by atoms with Crippen LogP contribution in [0.5, 0.6) is 5.75 Å². The molecule has 132 valence electrons. The second-order valence-electron chi connectivity index (χ2n) is 6.78. The monoisotopic (exact) mass is 363 g/mol. The summed E-state index contributed by atoms with van der Waals surface area (Å²) in [6.07, 6.45) is 2.99. The van der Waals surface area contributed by atoms with E-state index < -0.39 is 11.2 Å². The fourth-order valence-electron chi connectivity index (χ4n) is 2.32. The van der Waals surface area contributed by atoms with E-state index in [1.165, 1.54) is 18.2 Å². The van der Waals surface area contributed by atoms with Gasteiger partial charge < -0.3 is 14.5 Å². The van der Waals surface area contributed by atoms with Gasteiger partial charge in [-0.25, -0.2) is 4.39 Å². The largest absolute Gasteiger partial charge is 0.467 e. The quantitative estimate of drug-likeness (QED) is 0.881. The number of aromatic amines is 1. The molecule has 2 heterocycles. The molecule has 0 bridgehead atoms. The van der Waals surface area contributed by atoms with Crippen molar-refractivity contribution in [3.05, 3.63) is 48.6 Å². The molecular formula is C18H18FNO4S. The molecule has 1 aliphatic heterocycles. The van der Waals surface area contributed by atoms with Crippen LogP contribution in [-0.2, 0) is 16.1 Å². The predicted molar refractivity (Wildman–Crippen MR) is 93.4 cm³/mol. The lowest BCUT2D eigenvalue weighted by atomic mass is 9.91. The van der Waals surface area contributed by atoms with Crippen molar-refractivity contribution in [1.29, 1.82) is 0 Å². The van der Waals surface area contributed by atoms with Gasteiger partial charge in [0.05, 0.1) is 15.8 Å². The second kappa shape index (κ2) is 6.57. The van der Waals surface area contributed by atoms with E-state index in [1.54, 1.807) is 6.08 Å². The molecule has 0 radical (unpaired) electrons. The van der Waals surface area contributed by atoms with Gasteiger partial charge in [0, 0.05) is 22.6 Å². The number of nitrogens with one attached hydrogen (secondary N) is 1. The number of thiazole rings is 1. The third kappa shape index (κ3) is 3.88. The number of carbonyl (C=O) groups excluding carboxylic acids is 1. The number of aromatic nitrogens is 1. The van der Waals surface area contributed by atoms with Gasteiger partial charge in [0.25, 0.3) is 5.56 Å². The third-order valence-electron chi connectivity index (χ3n) is 3.67. The molecule has 1 aromatic heterocycles. The van der Waals surface area contributed by atoms with Crippen LogP contribution in [0.1, 0.15) is 31.9 Å². The lowest BCUT2D eigenvalue weighted by Gasteiger charge is -2.19. The van der Waals surface area contributed by atoms with Crippen LogP contribution >= 0.6 is 11.3 Å². The zero-order chi connectivity index (χ0) is 18.2. The summed E-state index contributed by atoms with van der Waals surface area (Å²) in [5.41, 5.74) is 0.211. The second-order valence-corrected chi connectivity index (χ2v) is 7.87. The van der Waals surface area contributed by atoms with E-state index in [2.05, 4.69) is 4.98 Å². The SMILES string of the molecule is CC(C)(C)C(=O)/C=c1\[nH]c(=O)/c(=C\c2cc(F)cc3c2OCOC3)s1. The number of ketones is 1. The maximum Gasteiger partial charge on any atom is 0.266 e. The minimum atomic E-state index is -0.528. The number of benzene rings is 1. The molecule has 1 aromatic carbocycles. The molecule has 2 aromatic rings. The van der Waals surface area contributed by atoms with Crippen LogP contribution in [0.2, 0.25) is 0 Å². The van der Waals surface area contributed by atoms with E-state index in [4.69, 9.17) is 9.47 Å². The van der Waals surface area contributed by atoms with E-state index in [-0.39, 0.29) is 24.7 Å². The molecule has 0 fully saturated rings. The van der Waals surface area contributed by atoms with Gasteiger partial charge in [0.15, 0.2) is 12.6 Å². The predicted octanol–water partition coefficient (Wildman–Crippen LogP) is 1.67. The highest BCUT2D eigenvalue weighted by Gasteiger charge is 2.19. The van der Waals surface area contributed by atoms with Gasteiger partial charge in [0.1, 0.15) is 11.6 Å². The number of rotatable bonds is 2. The van der Waals surface area contributed by atoms with Gasteiger partial charge in [-0.2, -0.15) is 0 Å². The van der Waals surface area contributed by atoms with Crippen LogP contribution in [0, 0.1) is 11.2 Å². The number of fused-ring (bicyclic) bond motifs is 1. The van der Waals surface area contributed by atoms with Crippen LogP contribution in [0.25, 0.3) is 12.2 Å². The Morgan fingerprint density at radius 1 is 1.36 bits per heavy atom. The lowest BCUT2D eigenvalue weighted by molar-refractivity contribution is -0.119. The Balaban J connectivity index is 2.10. The zero-order valence-corrected chi connectivity index (χ0v) is 15.0. The zero-order valence-electron chi connectivity index (χ0n) is 14.1. The molecule has 0 spiro atoms. The maximum absolute atomic E-state index is 13.8. The van der Waals surface area contributed by atoms with Crippen LogP contribution in [0.15, 0.2) is 16.9 Å². The fraction of sp³-hybridized carbons (Fsp3) is 0.333. The molecule has 0 amide bonds. The molecule has 0 aliphatic carbocycles. The molecule has 1 N–H and O–H groups in total. The topological polar surface area (TPSA) is 68.4 Å². The third-order valence-corrected chi connectivity index (χ3v) is 4.63. The Labute approximate surface area is 147 Å². The van der Waals surface area contributed by atoms with Crippen LogP contribution in [0.4, 0.5) is 4.39 Å². The molecule has 5 nitrogen and oxygen atoms in total. The van der Waals surface area contributed by atoms with E-state index >= 15 is 0 Å². The van der Waals surface area contributed by atoms with E-state index in [0.717, 1.165) is 11.3 Å². The number of carbonyl (C=O) groups is 1. The van der Waals surface area contributed by atoms with Gasteiger partial charge in [-0.15, -0.1) is 11.3 Å². The number of H-pyrrole nitrogens is 1. The first-order chi connectivity index (χ1) is 11.7. The number of halogens is 1. The summed E-state index contributed by atoms with van der Waals surface area (Å²) < 4.78 is 25.2. The summed E-state index contributed by atoms with van der Waals surface area (Å²) >= 11 is 1.15. The van der Waals surface area contributed by atoms with Crippen molar-refractivity contribution in [3.8, 4) is 5.75 Å². The molecule has 1 aliphatic rings. The summed E-state index contributed by atoms with van der Waals surface area (Å²) in [4.78, 5) is 26.9. The summed E-state index contributed by atoms with van der Waals surface area (Å²) in [5.74, 6) is -0.00121. The molecule has 25 heavy (non-hydrogen) atoms. The van der Waals surface area contributed by atoms with Gasteiger partial charge in [-0.05, 0) is 18.2 Å². The van der Waals surface area contributed by atoms with Crippen molar-refractivity contribution in [2.24, 2.45) is 5.41 Å². The molecular weight excluding hydrogens is 345 g/mol. The van der Waals surface area contributed by atoms with E-state index in [0.29, 0.717) is 26.1 Å². The first kappa shape index (κ1) is 17.6. The summed E-state index contributed by atoms with van der Waals surface area (Å²) in [5, 5.41) is 0. The molecule has 7 heteroatoms. The summed E-state index contributed by atoms with van der Waals surface area (Å²) in [6.45, 7) is 5.77. The van der Waals surface area contributed by atoms with Crippen molar-refractivity contribution in [2.75, 3.05) is 6.79 Å². The Hall–Kier alpha value is -2.25. The van der Waals surface area contributed by atoms with Crippen LogP contribution in [-0.4, -0.2) is 17.6 Å². The van der Waals surface area contributed by atoms with Gasteiger partial charge >= 0.3 is 0 Å². The van der Waals surface area contributed by atoms with Crippen molar-refractivity contribution >= 4 is 29.3 Å². The normalized spacial score (nSPS) is 15.8. The van der Waals surface area contributed by atoms with Gasteiger partial charge in [-0.1, -0.05) is 20.8 Å². The standard InChI is InChI=1S/C18H18FNO4S/c1-18(2,3)14(21)7-15-20-17(22)13(25-15)6-10-4-12(19)5-11-8-23-9-24-16(10)11/h4-7H,8-9H2,1-3H3,(H,20,22)/b13-6+,15-7+. The van der Waals surface area contributed by atoms with Crippen molar-refractivity contribution in [2.45, 2.75) is 27.4 Å². The Kier molecular flexibility index (Phi) is 4.62. The maximum atomic E-state index is 13.8. The minimum Gasteiger partial charge on any atom is -0.467 e. The summed E-state index contributed by atoms with van der Waals surface area (Å²) in [6, 6.07) is 2.67. The van der Waals surface area contributed by atoms with Crippen LogP contribution in [0.3, 0.4) is 0 Å². The number of hydrogen-bond acceptors (Lipinski definition) is 5. The average molecular weight is 363 g/mol. The Morgan fingerprint density at radius 2 is 2.12 bits per heavy atom. The molecule has 3 rings (SSSR count). The first-order valence-corrected chi connectivity index (χ1v) is 8.56. The number of hydrogen-bond donors (Lipinski definition) is 1. The van der Waals surface area contributed by atoms with Crippen LogP contribution < -0.4 is 19.5 Å².